The summed E-state index contributed by atoms with van der Waals surface area (Å²) in [6.07, 6.45) is 2.21. The zero-order valence-electron chi connectivity index (χ0n) is 11.4. The lowest BCUT2D eigenvalue weighted by Crippen LogP contribution is -2.13. The molecule has 0 aromatic carbocycles. The van der Waals surface area contributed by atoms with E-state index in [2.05, 4.69) is 50.2 Å². The second kappa shape index (κ2) is 4.88. The maximum absolute atomic E-state index is 4.49. The van der Waals surface area contributed by atoms with E-state index in [0.29, 0.717) is 5.92 Å². The van der Waals surface area contributed by atoms with Crippen molar-refractivity contribution in [3.8, 4) is 0 Å². The molecule has 0 bridgehead atoms. The van der Waals surface area contributed by atoms with E-state index in [4.69, 9.17) is 0 Å². The van der Waals surface area contributed by atoms with Crippen LogP contribution in [0, 0.1) is 0 Å². The number of nitrogens with one attached hydrogen (secondary N) is 1. The Morgan fingerprint density at radius 2 is 2.11 bits per heavy atom. The molecule has 3 rings (SSSR count). The summed E-state index contributed by atoms with van der Waals surface area (Å²) in [6, 6.07) is 0.104. The van der Waals surface area contributed by atoms with Gasteiger partial charge in [-0.15, -0.1) is 10.2 Å². The molecule has 102 valence electrons. The van der Waals surface area contributed by atoms with E-state index in [-0.39, 0.29) is 6.04 Å². The topological polar surface area (TPSA) is 68.5 Å². The minimum atomic E-state index is 0.104. The van der Waals surface area contributed by atoms with E-state index < -0.39 is 0 Å². The average molecular weight is 278 g/mol. The van der Waals surface area contributed by atoms with Gasteiger partial charge in [-0.2, -0.15) is 4.37 Å². The molecule has 2 aromatic rings. The van der Waals surface area contributed by atoms with Crippen molar-refractivity contribution >= 4 is 16.7 Å². The van der Waals surface area contributed by atoms with Gasteiger partial charge >= 0.3 is 0 Å². The van der Waals surface area contributed by atoms with Gasteiger partial charge in [0.05, 0.1) is 6.04 Å². The molecule has 7 heteroatoms. The molecular formula is C12H18N6S. The number of anilines is 1. The molecule has 0 aliphatic carbocycles. The summed E-state index contributed by atoms with van der Waals surface area (Å²) in [5, 5.41) is 12.7. The first-order valence-electron chi connectivity index (χ1n) is 6.67. The van der Waals surface area contributed by atoms with Gasteiger partial charge < -0.3 is 9.88 Å². The Kier molecular flexibility index (Phi) is 3.22. The summed E-state index contributed by atoms with van der Waals surface area (Å²) in [7, 11) is 0. The number of fused-ring (bicyclic) bond motifs is 1. The van der Waals surface area contributed by atoms with Crippen LogP contribution in [0.25, 0.3) is 0 Å². The van der Waals surface area contributed by atoms with E-state index in [1.54, 1.807) is 0 Å². The van der Waals surface area contributed by atoms with E-state index >= 15 is 0 Å². The molecule has 1 N–H and O–H groups in total. The summed E-state index contributed by atoms with van der Waals surface area (Å²) in [5.74, 6) is 3.35. The van der Waals surface area contributed by atoms with Gasteiger partial charge in [-0.25, -0.2) is 4.98 Å². The zero-order valence-corrected chi connectivity index (χ0v) is 12.2. The molecule has 1 atom stereocenters. The lowest BCUT2D eigenvalue weighted by Gasteiger charge is -2.12. The van der Waals surface area contributed by atoms with Crippen LogP contribution >= 0.6 is 11.5 Å². The summed E-state index contributed by atoms with van der Waals surface area (Å²) in [6.45, 7) is 7.31. The smallest absolute Gasteiger partial charge is 0.203 e. The van der Waals surface area contributed by atoms with Crippen molar-refractivity contribution < 1.29 is 0 Å². The van der Waals surface area contributed by atoms with Crippen LogP contribution in [0.1, 0.15) is 56.6 Å². The normalized spacial score (nSPS) is 15.8. The van der Waals surface area contributed by atoms with Gasteiger partial charge in [-0.1, -0.05) is 13.8 Å². The van der Waals surface area contributed by atoms with Crippen molar-refractivity contribution in [2.24, 2.45) is 0 Å². The maximum Gasteiger partial charge on any atom is 0.203 e. The third-order valence-electron chi connectivity index (χ3n) is 3.32. The summed E-state index contributed by atoms with van der Waals surface area (Å²) >= 11 is 1.41. The highest BCUT2D eigenvalue weighted by Crippen LogP contribution is 2.24. The predicted octanol–water partition coefficient (Wildman–Crippen LogP) is 2.37. The van der Waals surface area contributed by atoms with Crippen LogP contribution < -0.4 is 5.32 Å². The quantitative estimate of drug-likeness (QED) is 0.930. The molecule has 0 spiro atoms. The number of nitrogens with zero attached hydrogens (tertiary/aromatic N) is 5. The molecule has 6 nitrogen and oxygen atoms in total. The Balaban J connectivity index is 1.75. The number of rotatable bonds is 4. The van der Waals surface area contributed by atoms with Gasteiger partial charge in [0.2, 0.25) is 5.13 Å². The number of aromatic nitrogens is 5. The molecule has 0 radical (unpaired) electrons. The Hall–Kier alpha value is -1.50. The maximum atomic E-state index is 4.49. The van der Waals surface area contributed by atoms with Gasteiger partial charge in [-0.3, -0.25) is 0 Å². The van der Waals surface area contributed by atoms with Crippen LogP contribution in [0.5, 0.6) is 0 Å². The molecular weight excluding hydrogens is 260 g/mol. The van der Waals surface area contributed by atoms with Crippen molar-refractivity contribution in [1.82, 2.24) is 24.1 Å². The SMILES string of the molecule is CC(C)c1nsc(NC(C)c2nnc3n2CCC3)n1. The van der Waals surface area contributed by atoms with E-state index in [1.807, 2.05) is 0 Å². The number of hydrogen-bond donors (Lipinski definition) is 1. The van der Waals surface area contributed by atoms with E-state index in [9.17, 15) is 0 Å². The Morgan fingerprint density at radius 3 is 2.84 bits per heavy atom. The number of hydrogen-bond acceptors (Lipinski definition) is 6. The third kappa shape index (κ3) is 2.34. The fraction of sp³-hybridized carbons (Fsp3) is 0.667. The highest BCUT2D eigenvalue weighted by Gasteiger charge is 2.22. The average Bonchev–Trinajstić information content (AvgIpc) is 3.03. The minimum Gasteiger partial charge on any atom is -0.351 e. The molecule has 1 aliphatic heterocycles. The van der Waals surface area contributed by atoms with Crippen molar-refractivity contribution in [2.45, 2.75) is 52.1 Å². The molecule has 19 heavy (non-hydrogen) atoms. The van der Waals surface area contributed by atoms with Gasteiger partial charge in [0.1, 0.15) is 11.6 Å². The first-order chi connectivity index (χ1) is 9.15. The van der Waals surface area contributed by atoms with E-state index in [1.165, 1.54) is 18.0 Å². The van der Waals surface area contributed by atoms with E-state index in [0.717, 1.165) is 35.6 Å². The molecule has 1 unspecified atom stereocenters. The van der Waals surface area contributed by atoms with Crippen LogP contribution in [0.2, 0.25) is 0 Å². The lowest BCUT2D eigenvalue weighted by atomic mass is 10.2. The predicted molar refractivity (Wildman–Crippen MR) is 74.4 cm³/mol. The van der Waals surface area contributed by atoms with Crippen LogP contribution in [0.15, 0.2) is 0 Å². The Bertz CT molecular complexity index is 573. The molecule has 3 heterocycles. The fourth-order valence-corrected chi connectivity index (χ4v) is 3.07. The zero-order chi connectivity index (χ0) is 13.4. The number of aryl methyl sites for hydroxylation is 1. The van der Waals surface area contributed by atoms with Gasteiger partial charge in [0.25, 0.3) is 0 Å². The Morgan fingerprint density at radius 1 is 1.26 bits per heavy atom. The highest BCUT2D eigenvalue weighted by atomic mass is 32.1. The summed E-state index contributed by atoms with van der Waals surface area (Å²) in [5.41, 5.74) is 0. The van der Waals surface area contributed by atoms with Crippen molar-refractivity contribution in [3.05, 3.63) is 17.5 Å². The van der Waals surface area contributed by atoms with Gasteiger partial charge in [0, 0.05) is 30.4 Å². The monoisotopic (exact) mass is 278 g/mol. The molecule has 2 aromatic heterocycles. The summed E-state index contributed by atoms with van der Waals surface area (Å²) in [4.78, 5) is 4.49. The van der Waals surface area contributed by atoms with Crippen LogP contribution in [-0.4, -0.2) is 24.1 Å². The largest absolute Gasteiger partial charge is 0.351 e. The fourth-order valence-electron chi connectivity index (χ4n) is 2.27. The highest BCUT2D eigenvalue weighted by molar-refractivity contribution is 7.09. The first-order valence-corrected chi connectivity index (χ1v) is 7.44. The van der Waals surface area contributed by atoms with Gasteiger partial charge in [-0.05, 0) is 13.3 Å². The minimum absolute atomic E-state index is 0.104. The standard InChI is InChI=1S/C12H18N6S/c1-7(2)10-14-12(19-17-10)13-8(3)11-16-15-9-5-4-6-18(9)11/h7-8H,4-6H2,1-3H3,(H,13,14,17). The van der Waals surface area contributed by atoms with Crippen LogP contribution in [-0.2, 0) is 13.0 Å². The van der Waals surface area contributed by atoms with Crippen LogP contribution in [0.4, 0.5) is 5.13 Å². The van der Waals surface area contributed by atoms with Crippen molar-refractivity contribution in [1.29, 1.82) is 0 Å². The second-order valence-electron chi connectivity index (χ2n) is 5.21. The van der Waals surface area contributed by atoms with Crippen LogP contribution in [0.3, 0.4) is 0 Å². The molecule has 0 saturated heterocycles. The third-order valence-corrected chi connectivity index (χ3v) is 3.98. The lowest BCUT2D eigenvalue weighted by molar-refractivity contribution is 0.651. The van der Waals surface area contributed by atoms with Gasteiger partial charge in [0.15, 0.2) is 5.82 Å². The molecule has 0 amide bonds. The first kappa shape index (κ1) is 12.5. The van der Waals surface area contributed by atoms with Crippen molar-refractivity contribution in [3.63, 3.8) is 0 Å². The molecule has 1 aliphatic rings. The summed E-state index contributed by atoms with van der Waals surface area (Å²) < 4.78 is 6.56. The Labute approximate surface area is 116 Å². The molecule has 0 saturated carbocycles. The van der Waals surface area contributed by atoms with Crippen molar-refractivity contribution in [2.75, 3.05) is 5.32 Å². The second-order valence-corrected chi connectivity index (χ2v) is 5.96. The molecule has 0 fully saturated rings.